The smallest absolute Gasteiger partial charge is 0.369 e. The standard InChI is InChI=1S/C22H17F3N4O3.C22H17N5O3.C21H18N4O3.C20H17N5O3.C17H15N3O3S/c1-28-10-8-21(32,20(28)31)7-5-13-3-2-4-14(11-13)17-16-12-15(22(23,24)25)6-9-29(16)19(27-17)18(26)30;1-26-10-9-22(30,21(26)29)8-7-14-3-2-4-16(11-14)20-25-18(19(24)28)17-6-5-15(12-23)13-27(17)20;1-24-12-10-21(28,20(24)27)9-8-14-5-4-6-15(13-14)19-23-17(18(22)26)16-7-2-3-11-25(16)19;1-24-9-7-20(28,19(24)27)6-5-13-3-2-4-14(11-13)16-15-12-22-8-10-25(15)18(23-16)17(21)26;1-20-8-7-17(23,16(20)22)6-5-11-3-2-4-12(9-11)13-10-24-15(19-13)14(18)21/h2-4,6,9,11-12,32H,8,10H2,1H3,(H2,26,30);2-6,11,13,30H,9-10H2,1H3,(H2,24,28);2-7,11,13,28H,10,12H2,1H3,(H2,22,26);2-4,8,10-12,28H,7,9H2,1H3,(H2,21,26);2-4,9-10,23H,7-8H2,1H3,(H2,18,21)/t21-;22-;21-;20-;17-/m00000/s1. The Bertz CT molecular complexity index is 7810. The van der Waals surface area contributed by atoms with Crippen LogP contribution in [-0.2, 0) is 30.1 Å². The van der Waals surface area contributed by atoms with E-state index in [-0.39, 0.29) is 76.8 Å². The average molecular weight is 1930 g/mol. The summed E-state index contributed by atoms with van der Waals surface area (Å²) in [7, 11) is 8.11. The van der Waals surface area contributed by atoms with E-state index in [1.165, 1.54) is 40.2 Å². The first-order valence-electron chi connectivity index (χ1n) is 43.3. The van der Waals surface area contributed by atoms with Crippen LogP contribution in [0.1, 0.15) is 123 Å². The average Bonchev–Trinajstić information content (AvgIpc) is 1.62. The van der Waals surface area contributed by atoms with Gasteiger partial charge in [-0.1, -0.05) is 126 Å². The summed E-state index contributed by atoms with van der Waals surface area (Å²) in [6, 6.07) is 47.4. The van der Waals surface area contributed by atoms with Crippen molar-refractivity contribution in [2.45, 2.75) is 66.3 Å². The maximum Gasteiger partial charge on any atom is 0.416 e. The molecule has 9 aromatic heterocycles. The molecule has 5 aromatic carbocycles. The molecule has 0 radical (unpaired) electrons. The van der Waals surface area contributed by atoms with Gasteiger partial charge in [0.2, 0.25) is 39.7 Å². The molecular formula is C102H84F3N21O15S. The molecule has 5 saturated heterocycles. The molecule has 10 amide bonds. The number of rotatable bonds is 10. The van der Waals surface area contributed by atoms with E-state index in [1.54, 1.807) is 206 Å². The Labute approximate surface area is 810 Å². The third-order valence-electron chi connectivity index (χ3n) is 23.6. The zero-order valence-corrected chi connectivity index (χ0v) is 76.9. The Kier molecular flexibility index (Phi) is 27.5. The van der Waals surface area contributed by atoms with Crippen molar-refractivity contribution in [2.75, 3.05) is 68.0 Å². The minimum atomic E-state index is -4.58. The summed E-state index contributed by atoms with van der Waals surface area (Å²) in [4.78, 5) is 151. The molecule has 5 fully saturated rings. The lowest BCUT2D eigenvalue weighted by Crippen LogP contribution is -2.37. The number of pyridine rings is 3. The summed E-state index contributed by atoms with van der Waals surface area (Å²) in [5, 5.41) is 63.3. The summed E-state index contributed by atoms with van der Waals surface area (Å²) in [5.41, 5.74) is 27.5. The topological polar surface area (TPSA) is 537 Å². The number of likely N-dealkylation sites (N-methyl/N-ethyl adjacent to an activating group) is 5. The monoisotopic (exact) mass is 1930 g/mol. The number of carbonyl (C=O) groups excluding carboxylic acids is 10. The van der Waals surface area contributed by atoms with Crippen LogP contribution in [0.4, 0.5) is 13.2 Å². The van der Waals surface area contributed by atoms with Crippen molar-refractivity contribution in [2.24, 2.45) is 28.7 Å². The zero-order valence-electron chi connectivity index (χ0n) is 76.1. The number of nitrogens with zero attached hydrogens (tertiary/aromatic N) is 16. The molecule has 142 heavy (non-hydrogen) atoms. The van der Waals surface area contributed by atoms with Crippen LogP contribution >= 0.6 is 11.3 Å². The van der Waals surface area contributed by atoms with Crippen LogP contribution < -0.4 is 28.7 Å². The van der Waals surface area contributed by atoms with Gasteiger partial charge in [-0.25, -0.2) is 24.9 Å². The molecule has 14 aromatic rings. The molecule has 14 heterocycles. The van der Waals surface area contributed by atoms with Crippen LogP contribution in [0.15, 0.2) is 206 Å². The normalized spacial score (nSPS) is 18.9. The maximum absolute atomic E-state index is 13.2. The van der Waals surface area contributed by atoms with Crippen molar-refractivity contribution < 1.29 is 86.6 Å². The summed E-state index contributed by atoms with van der Waals surface area (Å²) in [5.74, 6) is 23.0. The molecule has 36 nitrogen and oxygen atoms in total. The fraction of sp³-hybridized carbons (Fsp3) is 0.206. The fourth-order valence-electron chi connectivity index (χ4n) is 15.9. The van der Waals surface area contributed by atoms with Gasteiger partial charge < -0.3 is 78.7 Å². The van der Waals surface area contributed by atoms with E-state index in [2.05, 4.69) is 95.2 Å². The SMILES string of the molecule is CN1CC[C@@](O)(C#Cc2cccc(-c3csc(C(N)=O)n3)c2)C1=O.CN1CC[C@@](O)(C#Cc2cccc(-c3nc(C(N)=O)c4ccc(C#N)cn34)c2)C1=O.CN1CC[C@@](O)(C#Cc2cccc(-c3nc(C(N)=O)c4ccccn34)c2)C1=O.CN1CC[C@@](O)(C#Cc2cccc(-c3nc(C(N)=O)n4ccc(C(F)(F)F)cc34)c2)C1=O.CN1CC[C@@](O)(C#Cc2cccc(-c3nc(C(N)=O)n4ccncc34)c2)C1=O. The van der Waals surface area contributed by atoms with Gasteiger partial charge in [-0.05, 0) is 97.1 Å². The van der Waals surface area contributed by atoms with Gasteiger partial charge in [0.1, 0.15) is 17.7 Å². The fourth-order valence-corrected chi connectivity index (χ4v) is 16.6. The van der Waals surface area contributed by atoms with Crippen molar-refractivity contribution in [1.29, 1.82) is 5.26 Å². The van der Waals surface area contributed by atoms with E-state index in [4.69, 9.17) is 28.7 Å². The number of alkyl halides is 3. The number of primary amides is 5. The lowest BCUT2D eigenvalue weighted by molar-refractivity contribution is -0.138. The highest BCUT2D eigenvalue weighted by Crippen LogP contribution is 2.37. The van der Waals surface area contributed by atoms with Gasteiger partial charge in [-0.15, -0.1) is 11.3 Å². The summed E-state index contributed by atoms with van der Waals surface area (Å²) < 4.78 is 45.9. The highest BCUT2D eigenvalue weighted by Gasteiger charge is 2.47. The van der Waals surface area contributed by atoms with Crippen LogP contribution in [0, 0.1) is 70.5 Å². The van der Waals surface area contributed by atoms with Crippen molar-refractivity contribution in [3.8, 4) is 122 Å². The first-order chi connectivity index (χ1) is 67.5. The second kappa shape index (κ2) is 39.6. The van der Waals surface area contributed by atoms with Gasteiger partial charge in [0.15, 0.2) is 16.4 Å². The summed E-state index contributed by atoms with van der Waals surface area (Å²) >= 11 is 1.18. The number of thiazole rings is 1. The summed E-state index contributed by atoms with van der Waals surface area (Å²) in [6.45, 7) is 2.25. The van der Waals surface area contributed by atoms with E-state index < -0.39 is 87.0 Å². The van der Waals surface area contributed by atoms with E-state index in [9.17, 15) is 91.9 Å². The van der Waals surface area contributed by atoms with Crippen molar-refractivity contribution >= 4 is 92.5 Å². The number of amides is 10. The molecule has 0 aliphatic carbocycles. The molecule has 5 atom stereocenters. The predicted molar refractivity (Wildman–Crippen MR) is 511 cm³/mol. The first-order valence-corrected chi connectivity index (χ1v) is 44.2. The Hall–Kier alpha value is -18.0. The van der Waals surface area contributed by atoms with E-state index >= 15 is 0 Å². The second-order valence-corrected chi connectivity index (χ2v) is 34.4. The van der Waals surface area contributed by atoms with E-state index in [1.807, 2.05) is 30.3 Å². The first kappa shape index (κ1) is 98.5. The highest BCUT2D eigenvalue weighted by atomic mass is 32.1. The number of aliphatic hydroxyl groups is 5. The molecule has 5 aliphatic rings. The van der Waals surface area contributed by atoms with Crippen molar-refractivity contribution in [3.05, 3.63) is 273 Å². The number of benzene rings is 5. The van der Waals surface area contributed by atoms with Crippen LogP contribution in [-0.4, -0.2) is 253 Å². The molecular weight excluding hydrogens is 1850 g/mol. The van der Waals surface area contributed by atoms with E-state index in [0.29, 0.717) is 129 Å². The van der Waals surface area contributed by atoms with Crippen LogP contribution in [0.2, 0.25) is 0 Å². The second-order valence-electron chi connectivity index (χ2n) is 33.6. The molecule has 5 aliphatic heterocycles. The number of halogens is 3. The number of aromatic nitrogens is 10. The molecule has 0 spiro atoms. The lowest BCUT2D eigenvalue weighted by Gasteiger charge is -2.13. The number of fused-ring (bicyclic) bond motifs is 4. The minimum Gasteiger partial charge on any atom is -0.369 e. The number of imidazole rings is 4. The molecule has 0 unspecified atom stereocenters. The van der Waals surface area contributed by atoms with E-state index in [0.717, 1.165) is 29.5 Å². The van der Waals surface area contributed by atoms with Gasteiger partial charge in [-0.3, -0.25) is 70.5 Å². The van der Waals surface area contributed by atoms with Gasteiger partial charge in [-0.2, -0.15) is 18.4 Å². The third kappa shape index (κ3) is 20.5. The molecule has 15 N–H and O–H groups in total. The third-order valence-corrected chi connectivity index (χ3v) is 24.5. The maximum atomic E-state index is 13.2. The number of hydrogen-bond donors (Lipinski definition) is 10. The van der Waals surface area contributed by atoms with Crippen molar-refractivity contribution in [1.82, 2.24) is 72.0 Å². The number of nitriles is 1. The molecule has 0 bridgehead atoms. The Balaban J connectivity index is 0.000000134. The minimum absolute atomic E-state index is 0.0463. The van der Waals surface area contributed by atoms with Gasteiger partial charge >= 0.3 is 6.18 Å². The van der Waals surface area contributed by atoms with Crippen LogP contribution in [0.3, 0.4) is 0 Å². The number of nitrogens with two attached hydrogens (primary N) is 5. The largest absolute Gasteiger partial charge is 0.416 e. The van der Waals surface area contributed by atoms with Crippen LogP contribution in [0.5, 0.6) is 0 Å². The van der Waals surface area contributed by atoms with Gasteiger partial charge in [0, 0.05) is 192 Å². The van der Waals surface area contributed by atoms with Gasteiger partial charge in [0.25, 0.3) is 59.1 Å². The van der Waals surface area contributed by atoms with Crippen LogP contribution in [0.25, 0.3) is 78.6 Å². The van der Waals surface area contributed by atoms with Gasteiger partial charge in [0.05, 0.1) is 56.5 Å². The Morgan fingerprint density at radius 1 is 0.387 bits per heavy atom. The molecule has 40 heteroatoms. The summed E-state index contributed by atoms with van der Waals surface area (Å²) in [6.07, 6.45) is 5.92. The zero-order chi connectivity index (χ0) is 102. The quantitative estimate of drug-likeness (QED) is 0.0774. The highest BCUT2D eigenvalue weighted by molar-refractivity contribution is 7.12. The Morgan fingerprint density at radius 3 is 1.13 bits per heavy atom. The predicted octanol–water partition coefficient (Wildman–Crippen LogP) is 5.32. The van der Waals surface area contributed by atoms with Crippen molar-refractivity contribution in [3.63, 3.8) is 0 Å². The molecule has 19 rings (SSSR count). The number of hydrogen-bond acceptors (Lipinski definition) is 23. The lowest BCUT2D eigenvalue weighted by atomic mass is 10.0. The molecule has 0 saturated carbocycles. The molecule has 714 valence electrons. The number of likely N-dealkylation sites (tertiary alicyclic amines) is 5. The number of carbonyl (C=O) groups is 10. The Morgan fingerprint density at radius 2 is 0.761 bits per heavy atom.